The molecule has 86 valence electrons. The Labute approximate surface area is 92.1 Å². The quantitative estimate of drug-likeness (QED) is 0.672. The molecule has 0 aromatic heterocycles. The first-order chi connectivity index (χ1) is 7.25. The van der Waals surface area contributed by atoms with E-state index in [1.807, 2.05) is 0 Å². The van der Waals surface area contributed by atoms with Crippen LogP contribution in [-0.4, -0.2) is 67.9 Å². The zero-order valence-electron chi connectivity index (χ0n) is 9.78. The van der Waals surface area contributed by atoms with Crippen molar-refractivity contribution in [2.45, 2.75) is 6.92 Å². The zero-order chi connectivity index (χ0) is 10.7. The van der Waals surface area contributed by atoms with E-state index < -0.39 is 0 Å². The van der Waals surface area contributed by atoms with Crippen LogP contribution in [0.25, 0.3) is 0 Å². The van der Waals surface area contributed by atoms with Crippen molar-refractivity contribution >= 4 is 0 Å². The number of rotatable bonds is 3. The minimum Gasteiger partial charge on any atom is -0.379 e. The average Bonchev–Trinajstić information content (AvgIpc) is 2.56. The van der Waals surface area contributed by atoms with Gasteiger partial charge in [0.2, 0.25) is 0 Å². The Kier molecular flexibility index (Phi) is 3.61. The van der Waals surface area contributed by atoms with Gasteiger partial charge >= 0.3 is 0 Å². The van der Waals surface area contributed by atoms with Crippen LogP contribution in [-0.2, 0) is 4.74 Å². The number of hydrogen-bond acceptors (Lipinski definition) is 4. The molecule has 2 aliphatic heterocycles. The topological polar surface area (TPSA) is 19.0 Å². The molecule has 0 bridgehead atoms. The first-order valence-electron chi connectivity index (χ1n) is 5.71. The highest BCUT2D eigenvalue weighted by Gasteiger charge is 2.17. The van der Waals surface area contributed by atoms with Crippen molar-refractivity contribution in [1.29, 1.82) is 0 Å². The third-order valence-corrected chi connectivity index (χ3v) is 3.04. The molecule has 0 saturated carbocycles. The Morgan fingerprint density at radius 2 is 2.00 bits per heavy atom. The van der Waals surface area contributed by atoms with Gasteiger partial charge in [0, 0.05) is 46.0 Å². The third kappa shape index (κ3) is 2.93. The van der Waals surface area contributed by atoms with Crippen LogP contribution in [0.15, 0.2) is 11.8 Å². The number of hydrogen-bond donors (Lipinski definition) is 0. The van der Waals surface area contributed by atoms with Gasteiger partial charge in [-0.05, 0) is 12.5 Å². The standard InChI is InChI=1S/C11H21N3O/c1-11-9-12(2)14(10-11)4-3-13-5-7-15-8-6-13/h10H,3-9H2,1-2H3. The van der Waals surface area contributed by atoms with Crippen molar-refractivity contribution < 1.29 is 4.74 Å². The van der Waals surface area contributed by atoms with E-state index >= 15 is 0 Å². The monoisotopic (exact) mass is 211 g/mol. The molecule has 0 aliphatic carbocycles. The molecular formula is C11H21N3O. The first-order valence-corrected chi connectivity index (χ1v) is 5.71. The van der Waals surface area contributed by atoms with Crippen LogP contribution >= 0.6 is 0 Å². The Morgan fingerprint density at radius 3 is 2.60 bits per heavy atom. The molecule has 2 rings (SSSR count). The van der Waals surface area contributed by atoms with Gasteiger partial charge in [-0.2, -0.15) is 0 Å². The summed E-state index contributed by atoms with van der Waals surface area (Å²) in [4.78, 5) is 2.47. The van der Waals surface area contributed by atoms with Crippen molar-refractivity contribution in [3.63, 3.8) is 0 Å². The molecule has 0 aromatic carbocycles. The summed E-state index contributed by atoms with van der Waals surface area (Å²) < 4.78 is 5.33. The summed E-state index contributed by atoms with van der Waals surface area (Å²) in [5.74, 6) is 0. The third-order valence-electron chi connectivity index (χ3n) is 3.04. The van der Waals surface area contributed by atoms with Crippen LogP contribution in [0.2, 0.25) is 0 Å². The molecule has 15 heavy (non-hydrogen) atoms. The summed E-state index contributed by atoms with van der Waals surface area (Å²) in [6.45, 7) is 9.44. The zero-order valence-corrected chi connectivity index (χ0v) is 9.78. The normalized spacial score (nSPS) is 24.7. The lowest BCUT2D eigenvalue weighted by molar-refractivity contribution is 0.0191. The average molecular weight is 211 g/mol. The lowest BCUT2D eigenvalue weighted by Crippen LogP contribution is -2.42. The van der Waals surface area contributed by atoms with E-state index in [4.69, 9.17) is 4.74 Å². The Hall–Kier alpha value is -0.580. The van der Waals surface area contributed by atoms with E-state index in [0.717, 1.165) is 45.9 Å². The smallest absolute Gasteiger partial charge is 0.0594 e. The van der Waals surface area contributed by atoms with Crippen molar-refractivity contribution in [3.8, 4) is 0 Å². The van der Waals surface area contributed by atoms with Gasteiger partial charge in [-0.1, -0.05) is 0 Å². The summed E-state index contributed by atoms with van der Waals surface area (Å²) in [5.41, 5.74) is 1.44. The maximum atomic E-state index is 5.33. The molecule has 0 aromatic rings. The molecule has 1 saturated heterocycles. The van der Waals surface area contributed by atoms with Gasteiger partial charge in [0.1, 0.15) is 0 Å². The molecule has 0 unspecified atom stereocenters. The Morgan fingerprint density at radius 1 is 1.27 bits per heavy atom. The van der Waals surface area contributed by atoms with E-state index in [1.165, 1.54) is 5.57 Å². The molecule has 2 aliphatic rings. The van der Waals surface area contributed by atoms with Crippen molar-refractivity contribution in [3.05, 3.63) is 11.8 Å². The number of hydrazine groups is 1. The van der Waals surface area contributed by atoms with E-state index in [1.54, 1.807) is 0 Å². The molecule has 0 N–H and O–H groups in total. The highest BCUT2D eigenvalue weighted by molar-refractivity contribution is 5.04. The number of ether oxygens (including phenoxy) is 1. The second-order valence-corrected chi connectivity index (χ2v) is 4.41. The second-order valence-electron chi connectivity index (χ2n) is 4.41. The molecule has 0 amide bonds. The fourth-order valence-electron chi connectivity index (χ4n) is 2.15. The predicted octanol–water partition coefficient (Wildman–Crippen LogP) is 0.385. The van der Waals surface area contributed by atoms with Crippen LogP contribution in [0.5, 0.6) is 0 Å². The SMILES string of the molecule is CC1=CN(CCN2CCOCC2)N(C)C1. The molecule has 2 heterocycles. The van der Waals surface area contributed by atoms with Gasteiger partial charge in [0.05, 0.1) is 13.2 Å². The fourth-order valence-corrected chi connectivity index (χ4v) is 2.15. The van der Waals surface area contributed by atoms with Crippen LogP contribution in [0.4, 0.5) is 0 Å². The molecule has 4 nitrogen and oxygen atoms in total. The van der Waals surface area contributed by atoms with Crippen LogP contribution in [0.3, 0.4) is 0 Å². The molecule has 0 spiro atoms. The van der Waals surface area contributed by atoms with Gasteiger partial charge in [0.25, 0.3) is 0 Å². The van der Waals surface area contributed by atoms with Crippen molar-refractivity contribution in [1.82, 2.24) is 14.9 Å². The summed E-state index contributed by atoms with van der Waals surface area (Å²) in [6, 6.07) is 0. The molecule has 4 heteroatoms. The van der Waals surface area contributed by atoms with E-state index in [9.17, 15) is 0 Å². The summed E-state index contributed by atoms with van der Waals surface area (Å²) in [5, 5.41) is 4.58. The minimum absolute atomic E-state index is 0.894. The lowest BCUT2D eigenvalue weighted by atomic mass is 10.3. The van der Waals surface area contributed by atoms with Gasteiger partial charge in [-0.15, -0.1) is 0 Å². The Balaban J connectivity index is 1.72. The highest BCUT2D eigenvalue weighted by Crippen LogP contribution is 2.11. The van der Waals surface area contributed by atoms with Crippen molar-refractivity contribution in [2.24, 2.45) is 0 Å². The van der Waals surface area contributed by atoms with Crippen molar-refractivity contribution in [2.75, 3.05) is 53.0 Å². The predicted molar refractivity (Wildman–Crippen MR) is 60.4 cm³/mol. The maximum Gasteiger partial charge on any atom is 0.0594 e. The van der Waals surface area contributed by atoms with E-state index in [-0.39, 0.29) is 0 Å². The lowest BCUT2D eigenvalue weighted by Gasteiger charge is -2.31. The van der Waals surface area contributed by atoms with Gasteiger partial charge < -0.3 is 9.75 Å². The number of morpholine rings is 1. The maximum absolute atomic E-state index is 5.33. The minimum atomic E-state index is 0.894. The molecule has 1 fully saturated rings. The summed E-state index contributed by atoms with van der Waals surface area (Å²) >= 11 is 0. The van der Waals surface area contributed by atoms with E-state index in [2.05, 4.69) is 35.1 Å². The Bertz CT molecular complexity index is 236. The first kappa shape index (κ1) is 10.9. The largest absolute Gasteiger partial charge is 0.379 e. The van der Waals surface area contributed by atoms with Gasteiger partial charge in [-0.25, -0.2) is 5.01 Å². The summed E-state index contributed by atoms with van der Waals surface area (Å²) in [6.07, 6.45) is 2.25. The molecule has 0 radical (unpaired) electrons. The number of likely N-dealkylation sites (N-methyl/N-ethyl adjacent to an activating group) is 1. The highest BCUT2D eigenvalue weighted by atomic mass is 16.5. The van der Waals surface area contributed by atoms with Crippen LogP contribution < -0.4 is 0 Å². The number of nitrogens with zero attached hydrogens (tertiary/aromatic N) is 3. The van der Waals surface area contributed by atoms with Crippen LogP contribution in [0.1, 0.15) is 6.92 Å². The van der Waals surface area contributed by atoms with Crippen LogP contribution in [0, 0.1) is 0 Å². The fraction of sp³-hybridized carbons (Fsp3) is 0.818. The second kappa shape index (κ2) is 4.96. The van der Waals surface area contributed by atoms with Gasteiger partial charge in [0.15, 0.2) is 0 Å². The van der Waals surface area contributed by atoms with Gasteiger partial charge in [-0.3, -0.25) is 4.90 Å². The summed E-state index contributed by atoms with van der Waals surface area (Å²) in [7, 11) is 2.15. The van der Waals surface area contributed by atoms with E-state index in [0.29, 0.717) is 0 Å². The molecular weight excluding hydrogens is 190 g/mol. The molecule has 0 atom stereocenters.